The third kappa shape index (κ3) is 3.34. The van der Waals surface area contributed by atoms with Gasteiger partial charge in [-0.05, 0) is 26.8 Å². The molecule has 0 aromatic rings. The molecule has 0 bridgehead atoms. The molecule has 0 N–H and O–H groups in total. The van der Waals surface area contributed by atoms with E-state index in [2.05, 4.69) is 6.58 Å². The van der Waals surface area contributed by atoms with E-state index >= 15 is 0 Å². The maximum absolute atomic E-state index is 5.30. The van der Waals surface area contributed by atoms with Crippen LogP contribution in [0.5, 0.6) is 0 Å². The van der Waals surface area contributed by atoms with Crippen molar-refractivity contribution in [2.75, 3.05) is 19.8 Å². The van der Waals surface area contributed by atoms with Gasteiger partial charge in [-0.2, -0.15) is 0 Å². The van der Waals surface area contributed by atoms with E-state index < -0.39 is 5.97 Å². The van der Waals surface area contributed by atoms with Crippen LogP contribution >= 0.6 is 0 Å². The molecule has 0 saturated carbocycles. The summed E-state index contributed by atoms with van der Waals surface area (Å²) in [7, 11) is 0. The molecule has 0 aromatic heterocycles. The van der Waals surface area contributed by atoms with E-state index in [-0.39, 0.29) is 0 Å². The Kier molecular flexibility index (Phi) is 5.98. The zero-order valence-electron chi connectivity index (χ0n) is 8.13. The Morgan fingerprint density at radius 1 is 1.00 bits per heavy atom. The summed E-state index contributed by atoms with van der Waals surface area (Å²) in [4.78, 5) is 0. The summed E-state index contributed by atoms with van der Waals surface area (Å²) in [5.41, 5.74) is 0. The minimum Gasteiger partial charge on any atom is -0.324 e. The van der Waals surface area contributed by atoms with Crippen LogP contribution in [0.15, 0.2) is 12.7 Å². The molecule has 3 nitrogen and oxygen atoms in total. The Morgan fingerprint density at radius 3 is 1.50 bits per heavy atom. The standard InChI is InChI=1S/C9H18O3/c1-5-9(10-6-2,11-7-3)12-8-4/h5H,1,6-8H2,2-4H3. The fraction of sp³-hybridized carbons (Fsp3) is 0.778. The fourth-order valence-corrected chi connectivity index (χ4v) is 0.905. The molecule has 0 atom stereocenters. The molecule has 0 rings (SSSR count). The van der Waals surface area contributed by atoms with Gasteiger partial charge in [0.25, 0.3) is 0 Å². The van der Waals surface area contributed by atoms with Gasteiger partial charge in [-0.25, -0.2) is 0 Å². The third-order valence-corrected chi connectivity index (χ3v) is 1.29. The number of hydrogen-bond donors (Lipinski definition) is 0. The van der Waals surface area contributed by atoms with Crippen LogP contribution in [-0.2, 0) is 14.2 Å². The molecule has 3 heteroatoms. The van der Waals surface area contributed by atoms with E-state index in [9.17, 15) is 0 Å². The zero-order valence-corrected chi connectivity index (χ0v) is 8.13. The van der Waals surface area contributed by atoms with Crippen LogP contribution in [0.4, 0.5) is 0 Å². The molecule has 0 heterocycles. The molecule has 0 radical (unpaired) electrons. The first-order valence-corrected chi connectivity index (χ1v) is 4.30. The quantitative estimate of drug-likeness (QED) is 0.436. The molecule has 72 valence electrons. The van der Waals surface area contributed by atoms with Crippen LogP contribution in [0.25, 0.3) is 0 Å². The molecule has 0 saturated heterocycles. The molecule has 0 amide bonds. The van der Waals surface area contributed by atoms with Crippen molar-refractivity contribution in [3.8, 4) is 0 Å². The van der Waals surface area contributed by atoms with Gasteiger partial charge in [-0.3, -0.25) is 0 Å². The Morgan fingerprint density at radius 2 is 1.33 bits per heavy atom. The van der Waals surface area contributed by atoms with Crippen molar-refractivity contribution in [3.63, 3.8) is 0 Å². The summed E-state index contributed by atoms with van der Waals surface area (Å²) in [6.45, 7) is 10.9. The second-order valence-corrected chi connectivity index (χ2v) is 2.11. The van der Waals surface area contributed by atoms with E-state index in [1.165, 1.54) is 6.08 Å². The van der Waals surface area contributed by atoms with Gasteiger partial charge in [0.1, 0.15) is 0 Å². The third-order valence-electron chi connectivity index (χ3n) is 1.29. The Bertz CT molecular complexity index is 106. The highest BCUT2D eigenvalue weighted by molar-refractivity contribution is 4.81. The van der Waals surface area contributed by atoms with Crippen molar-refractivity contribution < 1.29 is 14.2 Å². The Balaban J connectivity index is 4.16. The van der Waals surface area contributed by atoms with Crippen molar-refractivity contribution in [1.29, 1.82) is 0 Å². The normalized spacial score (nSPS) is 11.6. The zero-order chi connectivity index (χ0) is 9.45. The first-order valence-electron chi connectivity index (χ1n) is 4.30. The molecule has 0 fully saturated rings. The molecule has 0 aliphatic rings. The molecule has 0 aliphatic carbocycles. The monoisotopic (exact) mass is 174 g/mol. The first-order chi connectivity index (χ1) is 5.74. The summed E-state index contributed by atoms with van der Waals surface area (Å²) in [5, 5.41) is 0. The lowest BCUT2D eigenvalue weighted by Gasteiger charge is -2.28. The van der Waals surface area contributed by atoms with Gasteiger partial charge in [0, 0.05) is 19.8 Å². The minimum atomic E-state index is -1.04. The van der Waals surface area contributed by atoms with E-state index in [0.29, 0.717) is 19.8 Å². The SMILES string of the molecule is C=CC(OCC)(OCC)OCC. The highest BCUT2D eigenvalue weighted by Crippen LogP contribution is 2.16. The van der Waals surface area contributed by atoms with Gasteiger partial charge < -0.3 is 14.2 Å². The summed E-state index contributed by atoms with van der Waals surface area (Å²) >= 11 is 0. The molecular formula is C9H18O3. The van der Waals surface area contributed by atoms with E-state index in [4.69, 9.17) is 14.2 Å². The molecular weight excluding hydrogens is 156 g/mol. The average Bonchev–Trinajstić information content (AvgIpc) is 2.06. The average molecular weight is 174 g/mol. The Labute approximate surface area is 74.3 Å². The highest BCUT2D eigenvalue weighted by atomic mass is 16.9. The van der Waals surface area contributed by atoms with Crippen molar-refractivity contribution in [2.24, 2.45) is 0 Å². The predicted molar refractivity (Wildman–Crippen MR) is 47.8 cm³/mol. The van der Waals surface area contributed by atoms with Crippen LogP contribution < -0.4 is 0 Å². The van der Waals surface area contributed by atoms with Gasteiger partial charge >= 0.3 is 5.97 Å². The lowest BCUT2D eigenvalue weighted by Crippen LogP contribution is -2.37. The van der Waals surface area contributed by atoms with Gasteiger partial charge in [0.15, 0.2) is 0 Å². The van der Waals surface area contributed by atoms with Crippen LogP contribution in [0, 0.1) is 0 Å². The maximum Gasteiger partial charge on any atom is 0.304 e. The molecule has 0 aromatic carbocycles. The number of hydrogen-bond acceptors (Lipinski definition) is 3. The van der Waals surface area contributed by atoms with Crippen LogP contribution in [0.1, 0.15) is 20.8 Å². The van der Waals surface area contributed by atoms with E-state index in [1.807, 2.05) is 20.8 Å². The van der Waals surface area contributed by atoms with Crippen molar-refractivity contribution >= 4 is 0 Å². The van der Waals surface area contributed by atoms with Gasteiger partial charge in [0.05, 0.1) is 0 Å². The molecule has 12 heavy (non-hydrogen) atoms. The fourth-order valence-electron chi connectivity index (χ4n) is 0.905. The topological polar surface area (TPSA) is 27.7 Å². The summed E-state index contributed by atoms with van der Waals surface area (Å²) < 4.78 is 15.9. The maximum atomic E-state index is 5.30. The first kappa shape index (κ1) is 11.6. The lowest BCUT2D eigenvalue weighted by molar-refractivity contribution is -0.345. The predicted octanol–water partition coefficient (Wildman–Crippen LogP) is 1.94. The van der Waals surface area contributed by atoms with Crippen LogP contribution in [0.3, 0.4) is 0 Å². The molecule has 0 unspecified atom stereocenters. The summed E-state index contributed by atoms with van der Waals surface area (Å²) in [6, 6.07) is 0. The van der Waals surface area contributed by atoms with Crippen LogP contribution in [-0.4, -0.2) is 25.8 Å². The van der Waals surface area contributed by atoms with Crippen molar-refractivity contribution in [2.45, 2.75) is 26.7 Å². The second-order valence-electron chi connectivity index (χ2n) is 2.11. The largest absolute Gasteiger partial charge is 0.324 e. The smallest absolute Gasteiger partial charge is 0.304 e. The Hall–Kier alpha value is -0.380. The van der Waals surface area contributed by atoms with Gasteiger partial charge in [0.2, 0.25) is 0 Å². The van der Waals surface area contributed by atoms with Crippen LogP contribution in [0.2, 0.25) is 0 Å². The van der Waals surface area contributed by atoms with Gasteiger partial charge in [-0.15, -0.1) is 0 Å². The second kappa shape index (κ2) is 6.17. The van der Waals surface area contributed by atoms with Crippen molar-refractivity contribution in [3.05, 3.63) is 12.7 Å². The number of ether oxygens (including phenoxy) is 3. The van der Waals surface area contributed by atoms with E-state index in [1.54, 1.807) is 0 Å². The highest BCUT2D eigenvalue weighted by Gasteiger charge is 2.27. The van der Waals surface area contributed by atoms with E-state index in [0.717, 1.165) is 0 Å². The number of rotatable bonds is 7. The van der Waals surface area contributed by atoms with Gasteiger partial charge in [-0.1, -0.05) is 6.58 Å². The van der Waals surface area contributed by atoms with Crippen molar-refractivity contribution in [1.82, 2.24) is 0 Å². The lowest BCUT2D eigenvalue weighted by atomic mass is 10.5. The minimum absolute atomic E-state index is 0.534. The molecule has 0 spiro atoms. The summed E-state index contributed by atoms with van der Waals surface area (Å²) in [5.74, 6) is -1.04. The molecule has 0 aliphatic heterocycles. The summed E-state index contributed by atoms with van der Waals surface area (Å²) in [6.07, 6.45) is 1.53.